The van der Waals surface area contributed by atoms with Crippen molar-refractivity contribution in [1.29, 1.82) is 0 Å². The van der Waals surface area contributed by atoms with Crippen molar-refractivity contribution in [2.75, 3.05) is 6.54 Å². The lowest BCUT2D eigenvalue weighted by Crippen LogP contribution is -2.33. The van der Waals surface area contributed by atoms with Gasteiger partial charge in [0.05, 0.1) is 5.84 Å². The highest BCUT2D eigenvalue weighted by molar-refractivity contribution is 5.85. The van der Waals surface area contributed by atoms with Crippen LogP contribution in [0.4, 0.5) is 0 Å². The quantitative estimate of drug-likeness (QED) is 0.648. The van der Waals surface area contributed by atoms with Crippen LogP contribution in [0.5, 0.6) is 0 Å². The molecular formula is C10H21ClN2. The second-order valence-electron chi connectivity index (χ2n) is 4.72. The average Bonchev–Trinajstić information content (AvgIpc) is 2.11. The van der Waals surface area contributed by atoms with Gasteiger partial charge in [-0.05, 0) is 18.3 Å². The predicted octanol–water partition coefficient (Wildman–Crippen LogP) is 2.61. The Labute approximate surface area is 87.4 Å². The zero-order chi connectivity index (χ0) is 9.19. The van der Waals surface area contributed by atoms with Crippen molar-refractivity contribution in [1.82, 2.24) is 0 Å². The Bertz CT molecular complexity index is 182. The Hall–Kier alpha value is -0.240. The van der Waals surface area contributed by atoms with Crippen molar-refractivity contribution in [2.24, 2.45) is 22.1 Å². The van der Waals surface area contributed by atoms with E-state index in [1.807, 2.05) is 0 Å². The summed E-state index contributed by atoms with van der Waals surface area (Å²) in [6.45, 7) is 7.65. The molecule has 78 valence electrons. The van der Waals surface area contributed by atoms with Gasteiger partial charge in [0.1, 0.15) is 0 Å². The molecule has 0 saturated heterocycles. The van der Waals surface area contributed by atoms with Gasteiger partial charge in [0.25, 0.3) is 0 Å². The summed E-state index contributed by atoms with van der Waals surface area (Å²) in [7, 11) is 0. The number of halogens is 1. The molecule has 0 aliphatic carbocycles. The van der Waals surface area contributed by atoms with E-state index in [-0.39, 0.29) is 17.8 Å². The third-order valence-corrected chi connectivity index (χ3v) is 2.60. The molecule has 3 heteroatoms. The fourth-order valence-corrected chi connectivity index (χ4v) is 1.80. The molecule has 1 rings (SSSR count). The first-order valence-electron chi connectivity index (χ1n) is 4.81. The molecule has 0 fully saturated rings. The number of hydrogen-bond donors (Lipinski definition) is 1. The summed E-state index contributed by atoms with van der Waals surface area (Å²) >= 11 is 0. The monoisotopic (exact) mass is 204 g/mol. The molecule has 0 bridgehead atoms. The van der Waals surface area contributed by atoms with Gasteiger partial charge in [0.15, 0.2) is 0 Å². The van der Waals surface area contributed by atoms with Crippen LogP contribution in [0.15, 0.2) is 4.99 Å². The highest BCUT2D eigenvalue weighted by atomic mass is 35.5. The first-order valence-corrected chi connectivity index (χ1v) is 4.81. The van der Waals surface area contributed by atoms with Crippen LogP contribution in [0.25, 0.3) is 0 Å². The highest BCUT2D eigenvalue weighted by Crippen LogP contribution is 2.31. The zero-order valence-corrected chi connectivity index (χ0v) is 9.66. The van der Waals surface area contributed by atoms with E-state index in [1.165, 1.54) is 19.3 Å². The van der Waals surface area contributed by atoms with Crippen molar-refractivity contribution in [2.45, 2.75) is 40.0 Å². The van der Waals surface area contributed by atoms with Gasteiger partial charge in [-0.3, -0.25) is 4.99 Å². The first kappa shape index (κ1) is 12.8. The second kappa shape index (κ2) is 4.85. The molecule has 1 unspecified atom stereocenters. The molecule has 1 aliphatic rings. The molecule has 0 aromatic carbocycles. The standard InChI is InChI=1S/C10H20N2.ClH/c1-10(2,3)8-6-4-5-7-12-9(8)11;/h8H,4-7H2,1-3H3,(H2,11,12);1H. The number of aliphatic imine (C=N–C) groups is 1. The van der Waals surface area contributed by atoms with Crippen molar-refractivity contribution >= 4 is 18.2 Å². The number of amidine groups is 1. The first-order chi connectivity index (χ1) is 5.52. The van der Waals surface area contributed by atoms with E-state index < -0.39 is 0 Å². The summed E-state index contributed by atoms with van der Waals surface area (Å²) in [6.07, 6.45) is 3.68. The molecular weight excluding hydrogens is 184 g/mol. The summed E-state index contributed by atoms with van der Waals surface area (Å²) in [4.78, 5) is 4.37. The zero-order valence-electron chi connectivity index (χ0n) is 8.84. The van der Waals surface area contributed by atoms with E-state index in [4.69, 9.17) is 5.73 Å². The minimum atomic E-state index is 0. The number of nitrogens with two attached hydrogens (primary N) is 1. The number of rotatable bonds is 0. The number of nitrogens with zero attached hydrogens (tertiary/aromatic N) is 1. The molecule has 0 aromatic heterocycles. The van der Waals surface area contributed by atoms with Crippen molar-refractivity contribution in [3.63, 3.8) is 0 Å². The largest absolute Gasteiger partial charge is 0.387 e. The lowest BCUT2D eigenvalue weighted by molar-refractivity contribution is 0.294. The van der Waals surface area contributed by atoms with E-state index >= 15 is 0 Å². The summed E-state index contributed by atoms with van der Waals surface area (Å²) in [6, 6.07) is 0. The van der Waals surface area contributed by atoms with Crippen LogP contribution < -0.4 is 5.73 Å². The van der Waals surface area contributed by atoms with Crippen LogP contribution in [-0.2, 0) is 0 Å². The van der Waals surface area contributed by atoms with E-state index in [0.717, 1.165) is 12.4 Å². The Morgan fingerprint density at radius 2 is 1.92 bits per heavy atom. The lowest BCUT2D eigenvalue weighted by Gasteiger charge is -2.29. The van der Waals surface area contributed by atoms with Gasteiger partial charge in [-0.25, -0.2) is 0 Å². The molecule has 0 aromatic rings. The third-order valence-electron chi connectivity index (χ3n) is 2.60. The fraction of sp³-hybridized carbons (Fsp3) is 0.900. The van der Waals surface area contributed by atoms with Crippen LogP contribution in [0.3, 0.4) is 0 Å². The minimum absolute atomic E-state index is 0. The normalized spacial score (nSPS) is 24.2. The molecule has 1 heterocycles. The van der Waals surface area contributed by atoms with Crippen molar-refractivity contribution in [3.05, 3.63) is 0 Å². The van der Waals surface area contributed by atoms with Gasteiger partial charge in [0, 0.05) is 12.5 Å². The summed E-state index contributed by atoms with van der Waals surface area (Å²) in [5.74, 6) is 1.36. The van der Waals surface area contributed by atoms with E-state index in [0.29, 0.717) is 5.92 Å². The van der Waals surface area contributed by atoms with Crippen molar-refractivity contribution < 1.29 is 0 Å². The van der Waals surface area contributed by atoms with Crippen LogP contribution in [0.1, 0.15) is 40.0 Å². The fourth-order valence-electron chi connectivity index (χ4n) is 1.80. The molecule has 0 spiro atoms. The predicted molar refractivity (Wildman–Crippen MR) is 60.5 cm³/mol. The molecule has 1 atom stereocenters. The molecule has 0 amide bonds. The van der Waals surface area contributed by atoms with Crippen LogP contribution in [-0.4, -0.2) is 12.4 Å². The van der Waals surface area contributed by atoms with E-state index in [1.54, 1.807) is 0 Å². The molecule has 1 aliphatic heterocycles. The van der Waals surface area contributed by atoms with Gasteiger partial charge in [-0.1, -0.05) is 27.2 Å². The molecule has 2 N–H and O–H groups in total. The lowest BCUT2D eigenvalue weighted by atomic mass is 9.77. The number of hydrogen-bond acceptors (Lipinski definition) is 2. The minimum Gasteiger partial charge on any atom is -0.387 e. The Morgan fingerprint density at radius 1 is 1.31 bits per heavy atom. The second-order valence-corrected chi connectivity index (χ2v) is 4.72. The van der Waals surface area contributed by atoms with Gasteiger partial charge >= 0.3 is 0 Å². The molecule has 13 heavy (non-hydrogen) atoms. The summed E-state index contributed by atoms with van der Waals surface area (Å²) in [5, 5.41) is 0. The summed E-state index contributed by atoms with van der Waals surface area (Å²) < 4.78 is 0. The summed E-state index contributed by atoms with van der Waals surface area (Å²) in [5.41, 5.74) is 6.19. The topological polar surface area (TPSA) is 38.4 Å². The van der Waals surface area contributed by atoms with Crippen molar-refractivity contribution in [3.8, 4) is 0 Å². The van der Waals surface area contributed by atoms with E-state index in [9.17, 15) is 0 Å². The van der Waals surface area contributed by atoms with Crippen LogP contribution in [0.2, 0.25) is 0 Å². The maximum atomic E-state index is 5.92. The highest BCUT2D eigenvalue weighted by Gasteiger charge is 2.28. The molecule has 0 radical (unpaired) electrons. The Balaban J connectivity index is 0.00000144. The van der Waals surface area contributed by atoms with Gasteiger partial charge in [-0.15, -0.1) is 12.4 Å². The van der Waals surface area contributed by atoms with Gasteiger partial charge in [-0.2, -0.15) is 0 Å². The maximum absolute atomic E-state index is 5.92. The third kappa shape index (κ3) is 3.55. The van der Waals surface area contributed by atoms with E-state index in [2.05, 4.69) is 25.8 Å². The van der Waals surface area contributed by atoms with Crippen LogP contribution >= 0.6 is 12.4 Å². The smallest absolute Gasteiger partial charge is 0.0973 e. The molecule has 2 nitrogen and oxygen atoms in total. The Morgan fingerprint density at radius 3 is 2.46 bits per heavy atom. The van der Waals surface area contributed by atoms with Gasteiger partial charge < -0.3 is 5.73 Å². The van der Waals surface area contributed by atoms with Gasteiger partial charge in [0.2, 0.25) is 0 Å². The Kier molecular flexibility index (Phi) is 4.76. The SMILES string of the molecule is CC(C)(C)C1CCCCN=C1N.Cl. The molecule has 0 saturated carbocycles. The average molecular weight is 205 g/mol. The maximum Gasteiger partial charge on any atom is 0.0973 e. The van der Waals surface area contributed by atoms with Crippen LogP contribution in [0, 0.1) is 11.3 Å².